The molecule has 0 bridgehead atoms. The number of hydrogen-bond donors (Lipinski definition) is 6. The average Bonchev–Trinajstić information content (AvgIpc) is 3.77. The van der Waals surface area contributed by atoms with Crippen molar-refractivity contribution in [3.05, 3.63) is 144 Å². The average molecular weight is 799 g/mol. The van der Waals surface area contributed by atoms with Crippen molar-refractivity contribution in [2.45, 2.75) is 105 Å². The lowest BCUT2D eigenvalue weighted by Gasteiger charge is -2.19. The maximum Gasteiger partial charge on any atom is 0.174 e. The van der Waals surface area contributed by atoms with Gasteiger partial charge in [-0.3, -0.25) is 0 Å². The molecule has 2 aromatic heterocycles. The van der Waals surface area contributed by atoms with E-state index in [-0.39, 0.29) is 21.7 Å². The zero-order chi connectivity index (χ0) is 43.0. The molecule has 0 aliphatic carbocycles. The van der Waals surface area contributed by atoms with Crippen molar-refractivity contribution in [3.8, 4) is 22.8 Å². The number of hydrogen-bond acceptors (Lipinski definition) is 6. The lowest BCUT2D eigenvalue weighted by molar-refractivity contribution is 0.590. The Morgan fingerprint density at radius 1 is 0.317 bits per heavy atom. The Morgan fingerprint density at radius 2 is 0.550 bits per heavy atom. The minimum absolute atomic E-state index is 0.0681. The summed E-state index contributed by atoms with van der Waals surface area (Å²) in [4.78, 5) is 17.3. The van der Waals surface area contributed by atoms with Gasteiger partial charge in [-0.15, -0.1) is 0 Å². The van der Waals surface area contributed by atoms with Gasteiger partial charge in [-0.1, -0.05) is 156 Å². The topological polar surface area (TPSA) is 105 Å². The molecule has 5 aromatic carbocycles. The number of nitrogens with zero attached hydrogens (tertiary/aromatic N) is 2. The molecule has 0 fully saturated rings. The quantitative estimate of drug-likeness (QED) is 0.0823. The third-order valence-corrected chi connectivity index (χ3v) is 10.9. The van der Waals surface area contributed by atoms with E-state index in [0.29, 0.717) is 11.6 Å². The van der Waals surface area contributed by atoms with Crippen LogP contribution in [0.5, 0.6) is 0 Å². The van der Waals surface area contributed by atoms with Crippen LogP contribution in [0.1, 0.15) is 105 Å². The number of rotatable bonds is 10. The Bertz CT molecular complexity index is 2180. The molecule has 0 saturated carbocycles. The highest BCUT2D eigenvalue weighted by Gasteiger charge is 2.20. The number of imidazole rings is 2. The molecule has 0 unspecified atom stereocenters. The van der Waals surface area contributed by atoms with Crippen LogP contribution in [-0.2, 0) is 21.7 Å². The van der Waals surface area contributed by atoms with Gasteiger partial charge >= 0.3 is 0 Å². The Hall–Kier alpha value is -6.28. The number of nitrogens with one attached hydrogen (secondary N) is 6. The van der Waals surface area contributed by atoms with Crippen molar-refractivity contribution in [1.82, 2.24) is 19.9 Å². The largest absolute Gasteiger partial charge is 0.339 e. The lowest BCUT2D eigenvalue weighted by Crippen LogP contribution is -2.10. The molecular formula is C52H62N8. The molecule has 8 heteroatoms. The van der Waals surface area contributed by atoms with Crippen molar-refractivity contribution in [1.29, 1.82) is 0 Å². The zero-order valence-corrected chi connectivity index (χ0v) is 37.4. The summed E-state index contributed by atoms with van der Waals surface area (Å²) in [5.74, 6) is 4.46. The second-order valence-corrected chi connectivity index (χ2v) is 20.0. The third kappa shape index (κ3) is 9.94. The Labute approximate surface area is 357 Å². The fraction of sp³-hybridized carbons (Fsp3) is 0.308. The van der Waals surface area contributed by atoms with Crippen molar-refractivity contribution < 1.29 is 0 Å². The number of benzene rings is 5. The van der Waals surface area contributed by atoms with E-state index in [1.807, 2.05) is 0 Å². The third-order valence-electron chi connectivity index (χ3n) is 10.9. The van der Waals surface area contributed by atoms with E-state index in [9.17, 15) is 0 Å². The van der Waals surface area contributed by atoms with Crippen molar-refractivity contribution in [2.75, 3.05) is 21.3 Å². The standard InChI is InChI=1S/C52H62N8/c1-49(2,3)35-17-25-39(26-18-35)53-45-46(54-40-27-19-36(20-28-40)50(4,5)6)58-43(57-45)33-13-15-34(16-14-33)44-59-47(55-41-29-21-37(22-30-41)51(7,8)9)48(60-44)56-42-31-23-38(24-32-42)52(10,11)12/h13-32,53-56H,1-12H3,(H,57,58)(H,59,60). The van der Waals surface area contributed by atoms with E-state index in [1.165, 1.54) is 22.3 Å². The SMILES string of the molecule is CC(C)(C)c1ccc(Nc2nc(-c3ccc(-c4nc(Nc5ccc(C(C)(C)C)cc5)c(Nc5ccc(C(C)(C)C)cc5)[nH]4)cc3)[nH]c2Nc2ccc(C(C)(C)C)cc2)cc1. The van der Waals surface area contributed by atoms with Gasteiger partial charge < -0.3 is 31.2 Å². The van der Waals surface area contributed by atoms with E-state index in [1.54, 1.807) is 0 Å². The highest BCUT2D eigenvalue weighted by molar-refractivity contribution is 5.79. The van der Waals surface area contributed by atoms with Gasteiger partial charge in [0.25, 0.3) is 0 Å². The second-order valence-electron chi connectivity index (χ2n) is 20.0. The predicted molar refractivity (Wildman–Crippen MR) is 255 cm³/mol. The van der Waals surface area contributed by atoms with Crippen molar-refractivity contribution in [3.63, 3.8) is 0 Å². The maximum atomic E-state index is 5.08. The number of anilines is 8. The summed E-state index contributed by atoms with van der Waals surface area (Å²) in [6, 6.07) is 42.7. The summed E-state index contributed by atoms with van der Waals surface area (Å²) in [5.41, 5.74) is 11.2. The molecule has 7 aromatic rings. The second kappa shape index (κ2) is 16.1. The maximum absolute atomic E-state index is 5.08. The summed E-state index contributed by atoms with van der Waals surface area (Å²) >= 11 is 0. The van der Waals surface area contributed by atoms with Crippen LogP contribution in [0.2, 0.25) is 0 Å². The number of H-pyrrole nitrogens is 2. The van der Waals surface area contributed by atoms with E-state index < -0.39 is 0 Å². The molecule has 7 rings (SSSR count). The van der Waals surface area contributed by atoms with Crippen molar-refractivity contribution >= 4 is 46.0 Å². The van der Waals surface area contributed by atoms with Crippen LogP contribution >= 0.6 is 0 Å². The number of aromatic nitrogens is 4. The van der Waals surface area contributed by atoms with Crippen LogP contribution in [0, 0.1) is 0 Å². The molecule has 0 saturated heterocycles. The molecule has 0 amide bonds. The summed E-state index contributed by atoms with van der Waals surface area (Å²) in [6.45, 7) is 26.7. The van der Waals surface area contributed by atoms with E-state index >= 15 is 0 Å². The zero-order valence-electron chi connectivity index (χ0n) is 37.4. The first kappa shape index (κ1) is 41.9. The van der Waals surface area contributed by atoms with Gasteiger partial charge in [-0.25, -0.2) is 9.97 Å². The molecule has 0 atom stereocenters. The molecule has 60 heavy (non-hydrogen) atoms. The highest BCUT2D eigenvalue weighted by Crippen LogP contribution is 2.36. The molecule has 0 aliphatic heterocycles. The minimum atomic E-state index is 0.0681. The van der Waals surface area contributed by atoms with Gasteiger partial charge in [0.15, 0.2) is 23.3 Å². The van der Waals surface area contributed by atoms with Gasteiger partial charge in [0, 0.05) is 33.9 Å². The van der Waals surface area contributed by atoms with Crippen LogP contribution in [0.15, 0.2) is 121 Å². The van der Waals surface area contributed by atoms with Crippen molar-refractivity contribution in [2.24, 2.45) is 0 Å². The molecule has 310 valence electrons. The molecule has 0 aliphatic rings. The van der Waals surface area contributed by atoms with E-state index in [4.69, 9.17) is 9.97 Å². The van der Waals surface area contributed by atoms with Crippen LogP contribution in [0.25, 0.3) is 22.8 Å². The first-order valence-corrected chi connectivity index (χ1v) is 21.0. The molecule has 0 spiro atoms. The smallest absolute Gasteiger partial charge is 0.174 e. The molecule has 2 heterocycles. The monoisotopic (exact) mass is 799 g/mol. The molecular weight excluding hydrogens is 737 g/mol. The molecule has 0 radical (unpaired) electrons. The van der Waals surface area contributed by atoms with Crippen LogP contribution < -0.4 is 21.3 Å². The lowest BCUT2D eigenvalue weighted by atomic mass is 9.87. The van der Waals surface area contributed by atoms with Crippen LogP contribution in [0.4, 0.5) is 46.0 Å². The fourth-order valence-electron chi connectivity index (χ4n) is 6.94. The van der Waals surface area contributed by atoms with Gasteiger partial charge in [0.05, 0.1) is 0 Å². The summed E-state index contributed by atoms with van der Waals surface area (Å²) in [5, 5.41) is 14.3. The van der Waals surface area contributed by atoms with Crippen LogP contribution in [0.3, 0.4) is 0 Å². The fourth-order valence-corrected chi connectivity index (χ4v) is 6.94. The first-order valence-electron chi connectivity index (χ1n) is 21.0. The highest BCUT2D eigenvalue weighted by atomic mass is 15.2. The van der Waals surface area contributed by atoms with Gasteiger partial charge in [-0.05, 0) is 92.4 Å². The van der Waals surface area contributed by atoms with Gasteiger partial charge in [0.2, 0.25) is 0 Å². The Morgan fingerprint density at radius 3 is 0.783 bits per heavy atom. The molecule has 8 nitrogen and oxygen atoms in total. The van der Waals surface area contributed by atoms with Crippen LogP contribution in [-0.4, -0.2) is 19.9 Å². The summed E-state index contributed by atoms with van der Waals surface area (Å²) in [7, 11) is 0. The first-order chi connectivity index (χ1) is 28.2. The van der Waals surface area contributed by atoms with Gasteiger partial charge in [-0.2, -0.15) is 0 Å². The predicted octanol–water partition coefficient (Wildman–Crippen LogP) is 14.6. The summed E-state index contributed by atoms with van der Waals surface area (Å²) in [6.07, 6.45) is 0. The Kier molecular flexibility index (Phi) is 11.2. The normalized spacial score (nSPS) is 12.3. The molecule has 6 N–H and O–H groups in total. The van der Waals surface area contributed by atoms with E-state index in [0.717, 1.165) is 57.2 Å². The minimum Gasteiger partial charge on any atom is -0.339 e. The summed E-state index contributed by atoms with van der Waals surface area (Å²) < 4.78 is 0. The van der Waals surface area contributed by atoms with E-state index in [2.05, 4.69) is 236 Å². The van der Waals surface area contributed by atoms with Gasteiger partial charge in [0.1, 0.15) is 11.6 Å². The Balaban J connectivity index is 1.18. The number of aromatic amines is 2.